The molecule has 0 radical (unpaired) electrons. The summed E-state index contributed by atoms with van der Waals surface area (Å²) < 4.78 is 36.0. The number of hydrogen-bond acceptors (Lipinski definition) is 6. The lowest BCUT2D eigenvalue weighted by atomic mass is 10.2. The molecule has 0 spiro atoms. The molecular formula is C13H18FN3O4S. The lowest BCUT2D eigenvalue weighted by Gasteiger charge is -2.26. The first kappa shape index (κ1) is 16.6. The van der Waals surface area contributed by atoms with E-state index in [0.29, 0.717) is 32.6 Å². The molecule has 1 aliphatic heterocycles. The van der Waals surface area contributed by atoms with Crippen LogP contribution in [0.5, 0.6) is 0 Å². The van der Waals surface area contributed by atoms with Gasteiger partial charge in [0.25, 0.3) is 0 Å². The summed E-state index contributed by atoms with van der Waals surface area (Å²) in [5.41, 5.74) is -0.391. The molecule has 1 heterocycles. The zero-order valence-electron chi connectivity index (χ0n) is 12.0. The van der Waals surface area contributed by atoms with E-state index in [0.717, 1.165) is 6.07 Å². The number of para-hydroxylation sites is 1. The zero-order chi connectivity index (χ0) is 16.2. The van der Waals surface area contributed by atoms with Crippen LogP contribution in [0.1, 0.15) is 6.42 Å². The number of nitro benzene ring substituents is 1. The predicted octanol–water partition coefficient (Wildman–Crippen LogP) is 1.27. The molecule has 0 saturated carbocycles. The number of nitrogens with zero attached hydrogens (tertiary/aromatic N) is 2. The van der Waals surface area contributed by atoms with Crippen LogP contribution in [0.4, 0.5) is 15.8 Å². The molecule has 1 aromatic rings. The molecule has 1 saturated heterocycles. The second-order valence-corrected chi connectivity index (χ2v) is 7.47. The summed E-state index contributed by atoms with van der Waals surface area (Å²) in [6.07, 6.45) is 0.688. The van der Waals surface area contributed by atoms with E-state index < -0.39 is 26.3 Å². The number of benzene rings is 1. The fourth-order valence-corrected chi connectivity index (χ4v) is 3.62. The van der Waals surface area contributed by atoms with Gasteiger partial charge in [-0.25, -0.2) is 8.42 Å². The van der Waals surface area contributed by atoms with E-state index in [-0.39, 0.29) is 17.2 Å². The SMILES string of the molecule is O=[N+]([O-])c1c(F)cccc1NCCCN1CCS(=O)(=O)CC1. The Morgan fingerprint density at radius 3 is 2.64 bits per heavy atom. The number of sulfone groups is 1. The van der Waals surface area contributed by atoms with Crippen LogP contribution < -0.4 is 5.32 Å². The maximum Gasteiger partial charge on any atom is 0.327 e. The van der Waals surface area contributed by atoms with Crippen molar-refractivity contribution in [2.45, 2.75) is 6.42 Å². The minimum absolute atomic E-state index is 0.159. The van der Waals surface area contributed by atoms with Gasteiger partial charge in [0.1, 0.15) is 5.69 Å². The van der Waals surface area contributed by atoms with Crippen molar-refractivity contribution in [3.8, 4) is 0 Å². The van der Waals surface area contributed by atoms with Crippen LogP contribution in [0.2, 0.25) is 0 Å². The van der Waals surface area contributed by atoms with Crippen molar-refractivity contribution in [2.24, 2.45) is 0 Å². The number of halogens is 1. The Morgan fingerprint density at radius 2 is 2.00 bits per heavy atom. The van der Waals surface area contributed by atoms with Gasteiger partial charge < -0.3 is 10.2 Å². The Labute approximate surface area is 128 Å². The van der Waals surface area contributed by atoms with Crippen LogP contribution in [0, 0.1) is 15.9 Å². The topological polar surface area (TPSA) is 92.6 Å². The molecule has 1 N–H and O–H groups in total. The minimum atomic E-state index is -2.88. The number of nitrogens with one attached hydrogen (secondary N) is 1. The smallest absolute Gasteiger partial charge is 0.327 e. The van der Waals surface area contributed by atoms with Crippen LogP contribution >= 0.6 is 0 Å². The van der Waals surface area contributed by atoms with Gasteiger partial charge in [-0.2, -0.15) is 4.39 Å². The van der Waals surface area contributed by atoms with Gasteiger partial charge in [-0.15, -0.1) is 0 Å². The van der Waals surface area contributed by atoms with Crippen molar-refractivity contribution in [3.63, 3.8) is 0 Å². The summed E-state index contributed by atoms with van der Waals surface area (Å²) in [4.78, 5) is 12.1. The van der Waals surface area contributed by atoms with E-state index in [1.807, 2.05) is 4.90 Å². The van der Waals surface area contributed by atoms with Gasteiger partial charge in [-0.05, 0) is 25.1 Å². The molecule has 0 aromatic heterocycles. The van der Waals surface area contributed by atoms with Crippen molar-refractivity contribution in [2.75, 3.05) is 43.0 Å². The van der Waals surface area contributed by atoms with E-state index in [9.17, 15) is 22.9 Å². The molecule has 0 atom stereocenters. The molecule has 0 amide bonds. The first-order chi connectivity index (χ1) is 10.4. The zero-order valence-corrected chi connectivity index (χ0v) is 12.8. The van der Waals surface area contributed by atoms with Crippen molar-refractivity contribution >= 4 is 21.2 Å². The van der Waals surface area contributed by atoms with Crippen LogP contribution in [-0.2, 0) is 9.84 Å². The quantitative estimate of drug-likeness (QED) is 0.479. The van der Waals surface area contributed by atoms with Gasteiger partial charge in [0.2, 0.25) is 5.82 Å². The summed E-state index contributed by atoms with van der Waals surface area (Å²) in [6, 6.07) is 3.94. The van der Waals surface area contributed by atoms with E-state index in [4.69, 9.17) is 0 Å². The summed E-state index contributed by atoms with van der Waals surface area (Å²) in [5.74, 6) is -0.512. The van der Waals surface area contributed by atoms with Crippen molar-refractivity contribution in [1.29, 1.82) is 0 Å². The molecule has 0 aliphatic carbocycles. The van der Waals surface area contributed by atoms with E-state index in [1.54, 1.807) is 0 Å². The fraction of sp³-hybridized carbons (Fsp3) is 0.538. The monoisotopic (exact) mass is 331 g/mol. The number of anilines is 1. The van der Waals surface area contributed by atoms with Gasteiger partial charge in [0.05, 0.1) is 16.4 Å². The minimum Gasteiger partial charge on any atom is -0.379 e. The lowest BCUT2D eigenvalue weighted by molar-refractivity contribution is -0.386. The molecule has 122 valence electrons. The Hall–Kier alpha value is -1.74. The summed E-state index contributed by atoms with van der Waals surface area (Å²) in [7, 11) is -2.88. The Kier molecular flexibility index (Phi) is 5.30. The molecule has 7 nitrogen and oxygen atoms in total. The highest BCUT2D eigenvalue weighted by Gasteiger charge is 2.21. The lowest BCUT2D eigenvalue weighted by Crippen LogP contribution is -2.41. The molecule has 1 fully saturated rings. The molecule has 0 bridgehead atoms. The molecular weight excluding hydrogens is 313 g/mol. The van der Waals surface area contributed by atoms with Gasteiger partial charge in [-0.3, -0.25) is 10.1 Å². The van der Waals surface area contributed by atoms with Crippen molar-refractivity contribution in [1.82, 2.24) is 4.90 Å². The van der Waals surface area contributed by atoms with E-state index in [1.165, 1.54) is 12.1 Å². The second-order valence-electron chi connectivity index (χ2n) is 5.17. The highest BCUT2D eigenvalue weighted by Crippen LogP contribution is 2.26. The third kappa shape index (κ3) is 4.38. The Morgan fingerprint density at radius 1 is 1.32 bits per heavy atom. The molecule has 2 rings (SSSR count). The first-order valence-electron chi connectivity index (χ1n) is 6.98. The van der Waals surface area contributed by atoms with Crippen molar-refractivity contribution < 1.29 is 17.7 Å². The van der Waals surface area contributed by atoms with Gasteiger partial charge in [0.15, 0.2) is 9.84 Å². The summed E-state index contributed by atoms with van der Waals surface area (Å²) in [5, 5.41) is 13.7. The van der Waals surface area contributed by atoms with Gasteiger partial charge in [0, 0.05) is 19.6 Å². The summed E-state index contributed by atoms with van der Waals surface area (Å²) >= 11 is 0. The third-order valence-electron chi connectivity index (χ3n) is 3.57. The highest BCUT2D eigenvalue weighted by atomic mass is 32.2. The average molecular weight is 331 g/mol. The molecule has 1 aliphatic rings. The van der Waals surface area contributed by atoms with Crippen LogP contribution in [0.3, 0.4) is 0 Å². The predicted molar refractivity (Wildman–Crippen MR) is 81.3 cm³/mol. The standard InChI is InChI=1S/C13H18FN3O4S/c14-11-3-1-4-12(13(11)17(18)19)15-5-2-6-16-7-9-22(20,21)10-8-16/h1,3-4,15H,2,5-10H2. The Balaban J connectivity index is 1.80. The van der Waals surface area contributed by atoms with E-state index in [2.05, 4.69) is 5.32 Å². The largest absolute Gasteiger partial charge is 0.379 e. The van der Waals surface area contributed by atoms with Crippen LogP contribution in [0.15, 0.2) is 18.2 Å². The number of rotatable bonds is 6. The van der Waals surface area contributed by atoms with Crippen molar-refractivity contribution in [3.05, 3.63) is 34.1 Å². The normalized spacial score (nSPS) is 18.0. The Bertz CT molecular complexity index is 637. The van der Waals surface area contributed by atoms with Gasteiger partial charge in [-0.1, -0.05) is 6.07 Å². The summed E-state index contributed by atoms with van der Waals surface area (Å²) in [6.45, 7) is 2.18. The molecule has 9 heteroatoms. The molecule has 1 aromatic carbocycles. The van der Waals surface area contributed by atoms with Gasteiger partial charge >= 0.3 is 5.69 Å². The van der Waals surface area contributed by atoms with E-state index >= 15 is 0 Å². The maximum atomic E-state index is 13.4. The fourth-order valence-electron chi connectivity index (χ4n) is 2.34. The highest BCUT2D eigenvalue weighted by molar-refractivity contribution is 7.91. The molecule has 22 heavy (non-hydrogen) atoms. The number of nitro groups is 1. The molecule has 0 unspecified atom stereocenters. The van der Waals surface area contributed by atoms with Crippen LogP contribution in [-0.4, -0.2) is 55.9 Å². The average Bonchev–Trinajstić information content (AvgIpc) is 2.44. The third-order valence-corrected chi connectivity index (χ3v) is 5.18. The maximum absolute atomic E-state index is 13.4. The number of hydrogen-bond donors (Lipinski definition) is 1. The first-order valence-corrected chi connectivity index (χ1v) is 8.81. The second kappa shape index (κ2) is 7.01. The van der Waals surface area contributed by atoms with Crippen LogP contribution in [0.25, 0.3) is 0 Å².